The zero-order valence-electron chi connectivity index (χ0n) is 17.4. The van der Waals surface area contributed by atoms with Gasteiger partial charge >= 0.3 is 0 Å². The van der Waals surface area contributed by atoms with E-state index in [0.717, 1.165) is 0 Å². The first kappa shape index (κ1) is 22.4. The standard InChI is InChI=1S/C22H22Cl2N4O4/c1-13-10-19(27-32-13)26-22(30)14-6-8-28(9-7-14)21(29)5-4-20-25-12-18(31-20)16-3-2-15(23)11-17(16)24/h2-3,10-12,14H,4-9H2,1H3,(H,26,27,30). The lowest BCUT2D eigenvalue weighted by atomic mass is 9.95. The largest absolute Gasteiger partial charge is 0.441 e. The minimum Gasteiger partial charge on any atom is -0.441 e. The van der Waals surface area contributed by atoms with Crippen molar-refractivity contribution in [3.05, 3.63) is 52.2 Å². The Morgan fingerprint density at radius 3 is 2.69 bits per heavy atom. The third-order valence-electron chi connectivity index (χ3n) is 5.40. The summed E-state index contributed by atoms with van der Waals surface area (Å²) in [5.74, 6) is 1.81. The van der Waals surface area contributed by atoms with Gasteiger partial charge in [-0.2, -0.15) is 0 Å². The van der Waals surface area contributed by atoms with Gasteiger partial charge in [0.1, 0.15) is 5.76 Å². The van der Waals surface area contributed by atoms with Crippen LogP contribution in [0.1, 0.15) is 30.9 Å². The van der Waals surface area contributed by atoms with Gasteiger partial charge in [-0.15, -0.1) is 0 Å². The quantitative estimate of drug-likeness (QED) is 0.550. The zero-order chi connectivity index (χ0) is 22.7. The molecule has 168 valence electrons. The number of oxazole rings is 1. The Hall–Kier alpha value is -2.84. The van der Waals surface area contributed by atoms with Crippen molar-refractivity contribution in [2.45, 2.75) is 32.6 Å². The highest BCUT2D eigenvalue weighted by atomic mass is 35.5. The fraction of sp³-hybridized carbons (Fsp3) is 0.364. The molecule has 1 fully saturated rings. The lowest BCUT2D eigenvalue weighted by molar-refractivity contribution is -0.134. The number of nitrogens with zero attached hydrogens (tertiary/aromatic N) is 3. The summed E-state index contributed by atoms with van der Waals surface area (Å²) in [6.45, 7) is 2.83. The summed E-state index contributed by atoms with van der Waals surface area (Å²) in [6.07, 6.45) is 3.47. The molecule has 1 aliphatic heterocycles. The van der Waals surface area contributed by atoms with Crippen LogP contribution in [0.2, 0.25) is 10.0 Å². The van der Waals surface area contributed by atoms with Crippen LogP contribution in [-0.4, -0.2) is 39.9 Å². The van der Waals surface area contributed by atoms with Crippen molar-refractivity contribution in [1.82, 2.24) is 15.0 Å². The molecular formula is C22H22Cl2N4O4. The van der Waals surface area contributed by atoms with E-state index in [1.165, 1.54) is 0 Å². The number of aromatic nitrogens is 2. The maximum atomic E-state index is 12.6. The van der Waals surface area contributed by atoms with Gasteiger partial charge < -0.3 is 19.2 Å². The molecule has 1 aliphatic rings. The summed E-state index contributed by atoms with van der Waals surface area (Å²) < 4.78 is 10.7. The number of carbonyl (C=O) groups is 2. The number of benzene rings is 1. The fourth-order valence-corrected chi connectivity index (χ4v) is 4.16. The van der Waals surface area contributed by atoms with Crippen molar-refractivity contribution in [3.8, 4) is 11.3 Å². The van der Waals surface area contributed by atoms with Crippen LogP contribution in [0.15, 0.2) is 39.4 Å². The van der Waals surface area contributed by atoms with Crippen molar-refractivity contribution < 1.29 is 18.5 Å². The second kappa shape index (κ2) is 9.75. The number of rotatable bonds is 6. The Morgan fingerprint density at radius 2 is 2.00 bits per heavy atom. The Morgan fingerprint density at radius 1 is 1.22 bits per heavy atom. The van der Waals surface area contributed by atoms with Crippen LogP contribution >= 0.6 is 23.2 Å². The summed E-state index contributed by atoms with van der Waals surface area (Å²) in [5.41, 5.74) is 0.697. The smallest absolute Gasteiger partial charge is 0.228 e. The minimum atomic E-state index is -0.158. The molecular weight excluding hydrogens is 455 g/mol. The first-order valence-electron chi connectivity index (χ1n) is 10.3. The Kier molecular flexibility index (Phi) is 6.81. The summed E-state index contributed by atoms with van der Waals surface area (Å²) >= 11 is 12.1. The number of anilines is 1. The lowest BCUT2D eigenvalue weighted by Gasteiger charge is -2.31. The average molecular weight is 477 g/mol. The second-order valence-electron chi connectivity index (χ2n) is 7.71. The van der Waals surface area contributed by atoms with E-state index < -0.39 is 0 Å². The summed E-state index contributed by atoms with van der Waals surface area (Å²) in [6, 6.07) is 6.81. The molecule has 3 heterocycles. The first-order valence-corrected chi connectivity index (χ1v) is 11.1. The molecule has 4 rings (SSSR count). The summed E-state index contributed by atoms with van der Waals surface area (Å²) in [5, 5.41) is 7.55. The van der Waals surface area contributed by atoms with E-state index in [9.17, 15) is 9.59 Å². The van der Waals surface area contributed by atoms with E-state index in [0.29, 0.717) is 71.2 Å². The predicted octanol–water partition coefficient (Wildman–Crippen LogP) is 4.75. The number of likely N-dealkylation sites (tertiary alicyclic amines) is 1. The highest BCUT2D eigenvalue weighted by Gasteiger charge is 2.28. The third kappa shape index (κ3) is 5.31. The minimum absolute atomic E-state index is 0.0141. The molecule has 0 aliphatic carbocycles. The highest BCUT2D eigenvalue weighted by Crippen LogP contribution is 2.31. The highest BCUT2D eigenvalue weighted by molar-refractivity contribution is 6.36. The molecule has 0 bridgehead atoms. The molecule has 0 atom stereocenters. The SMILES string of the molecule is Cc1cc(NC(=O)C2CCN(C(=O)CCc3ncc(-c4ccc(Cl)cc4Cl)o3)CC2)no1. The molecule has 1 saturated heterocycles. The molecule has 32 heavy (non-hydrogen) atoms. The number of piperidine rings is 1. The molecule has 1 N–H and O–H groups in total. The van der Waals surface area contributed by atoms with E-state index in [2.05, 4.69) is 15.5 Å². The van der Waals surface area contributed by atoms with Gasteiger partial charge in [-0.1, -0.05) is 28.4 Å². The molecule has 3 aromatic rings. The average Bonchev–Trinajstić information content (AvgIpc) is 3.41. The van der Waals surface area contributed by atoms with Gasteiger partial charge in [0.2, 0.25) is 11.8 Å². The van der Waals surface area contributed by atoms with Crippen molar-refractivity contribution >= 4 is 40.8 Å². The van der Waals surface area contributed by atoms with Gasteiger partial charge in [0, 0.05) is 48.5 Å². The van der Waals surface area contributed by atoms with E-state index in [4.69, 9.17) is 32.1 Å². The summed E-state index contributed by atoms with van der Waals surface area (Å²) in [4.78, 5) is 31.0. The normalized spacial score (nSPS) is 14.5. The number of carbonyl (C=O) groups excluding carboxylic acids is 2. The molecule has 8 nitrogen and oxygen atoms in total. The lowest BCUT2D eigenvalue weighted by Crippen LogP contribution is -2.41. The van der Waals surface area contributed by atoms with Gasteiger partial charge in [0.05, 0.1) is 11.2 Å². The van der Waals surface area contributed by atoms with Crippen LogP contribution in [0.4, 0.5) is 5.82 Å². The number of hydrogen-bond acceptors (Lipinski definition) is 6. The molecule has 2 aromatic heterocycles. The number of hydrogen-bond donors (Lipinski definition) is 1. The van der Waals surface area contributed by atoms with Gasteiger partial charge in [0.15, 0.2) is 17.5 Å². The van der Waals surface area contributed by atoms with E-state index in [1.807, 2.05) is 0 Å². The van der Waals surface area contributed by atoms with E-state index >= 15 is 0 Å². The van der Waals surface area contributed by atoms with Crippen LogP contribution in [-0.2, 0) is 16.0 Å². The van der Waals surface area contributed by atoms with Crippen molar-refractivity contribution in [2.75, 3.05) is 18.4 Å². The van der Waals surface area contributed by atoms with Gasteiger partial charge in [0.25, 0.3) is 0 Å². The van der Waals surface area contributed by atoms with Crippen LogP contribution in [0.3, 0.4) is 0 Å². The Bertz CT molecular complexity index is 1120. The van der Waals surface area contributed by atoms with Crippen LogP contribution in [0.5, 0.6) is 0 Å². The topological polar surface area (TPSA) is 101 Å². The molecule has 10 heteroatoms. The monoisotopic (exact) mass is 476 g/mol. The third-order valence-corrected chi connectivity index (χ3v) is 5.95. The molecule has 0 saturated carbocycles. The second-order valence-corrected chi connectivity index (χ2v) is 8.55. The number of aryl methyl sites for hydroxylation is 2. The van der Waals surface area contributed by atoms with E-state index in [1.54, 1.807) is 42.3 Å². The molecule has 2 amide bonds. The van der Waals surface area contributed by atoms with Crippen molar-refractivity contribution in [2.24, 2.45) is 5.92 Å². The predicted molar refractivity (Wildman–Crippen MR) is 119 cm³/mol. The van der Waals surface area contributed by atoms with Gasteiger partial charge in [-0.05, 0) is 38.0 Å². The maximum Gasteiger partial charge on any atom is 0.228 e. The maximum absolute atomic E-state index is 12.6. The van der Waals surface area contributed by atoms with Crippen LogP contribution in [0, 0.1) is 12.8 Å². The summed E-state index contributed by atoms with van der Waals surface area (Å²) in [7, 11) is 0. The van der Waals surface area contributed by atoms with Gasteiger partial charge in [-0.25, -0.2) is 4.98 Å². The van der Waals surface area contributed by atoms with Gasteiger partial charge in [-0.3, -0.25) is 9.59 Å². The molecule has 0 unspecified atom stereocenters. The number of nitrogens with one attached hydrogen (secondary N) is 1. The van der Waals surface area contributed by atoms with E-state index in [-0.39, 0.29) is 24.2 Å². The Labute approximate surface area is 194 Å². The Balaban J connectivity index is 1.25. The zero-order valence-corrected chi connectivity index (χ0v) is 18.9. The molecule has 1 aromatic carbocycles. The fourth-order valence-electron chi connectivity index (χ4n) is 3.66. The molecule has 0 spiro atoms. The van der Waals surface area contributed by atoms with Crippen molar-refractivity contribution in [1.29, 1.82) is 0 Å². The van der Waals surface area contributed by atoms with Crippen LogP contribution in [0.25, 0.3) is 11.3 Å². The first-order chi connectivity index (χ1) is 15.4. The number of amides is 2. The van der Waals surface area contributed by atoms with Crippen molar-refractivity contribution in [3.63, 3.8) is 0 Å². The molecule has 0 radical (unpaired) electrons. The van der Waals surface area contributed by atoms with Crippen LogP contribution < -0.4 is 5.32 Å². The number of halogens is 2.